The van der Waals surface area contributed by atoms with Crippen LogP contribution >= 0.6 is 23.2 Å². The Bertz CT molecular complexity index is 520. The molecule has 1 unspecified atom stereocenters. The summed E-state index contributed by atoms with van der Waals surface area (Å²) < 4.78 is 5.28. The SMILES string of the molecule is CCOCCCNC(=O)C1CCCN(Cc2c(Cl)cccc2Cl)C1. The second-order valence-corrected chi connectivity index (χ2v) is 6.93. The van der Waals surface area contributed by atoms with Gasteiger partial charge in [0.1, 0.15) is 0 Å². The summed E-state index contributed by atoms with van der Waals surface area (Å²) in [4.78, 5) is 14.6. The van der Waals surface area contributed by atoms with Crippen LogP contribution in [-0.2, 0) is 16.1 Å². The van der Waals surface area contributed by atoms with E-state index in [1.807, 2.05) is 25.1 Å². The lowest BCUT2D eigenvalue weighted by Crippen LogP contribution is -2.43. The molecule has 0 radical (unpaired) electrons. The van der Waals surface area contributed by atoms with E-state index in [0.29, 0.717) is 29.7 Å². The van der Waals surface area contributed by atoms with E-state index in [1.54, 1.807) is 0 Å². The lowest BCUT2D eigenvalue weighted by Gasteiger charge is -2.32. The van der Waals surface area contributed by atoms with Crippen LogP contribution in [-0.4, -0.2) is 43.7 Å². The molecule has 134 valence electrons. The van der Waals surface area contributed by atoms with Gasteiger partial charge in [-0.3, -0.25) is 9.69 Å². The minimum Gasteiger partial charge on any atom is -0.382 e. The molecule has 1 heterocycles. The molecule has 1 aliphatic rings. The van der Waals surface area contributed by atoms with Crippen molar-refractivity contribution in [3.05, 3.63) is 33.8 Å². The molecule has 1 aliphatic heterocycles. The summed E-state index contributed by atoms with van der Waals surface area (Å²) in [7, 11) is 0. The van der Waals surface area contributed by atoms with Crippen LogP contribution in [0.2, 0.25) is 10.0 Å². The highest BCUT2D eigenvalue weighted by Gasteiger charge is 2.26. The van der Waals surface area contributed by atoms with Crippen LogP contribution in [0.1, 0.15) is 31.7 Å². The molecule has 1 atom stereocenters. The Labute approximate surface area is 154 Å². The molecule has 1 aromatic carbocycles. The van der Waals surface area contributed by atoms with Crippen LogP contribution in [0, 0.1) is 5.92 Å². The summed E-state index contributed by atoms with van der Waals surface area (Å²) >= 11 is 12.5. The molecular formula is C18H26Cl2N2O2. The number of halogens is 2. The van der Waals surface area contributed by atoms with Gasteiger partial charge in [-0.2, -0.15) is 0 Å². The van der Waals surface area contributed by atoms with Crippen LogP contribution in [0.25, 0.3) is 0 Å². The Morgan fingerprint density at radius 1 is 1.38 bits per heavy atom. The van der Waals surface area contributed by atoms with Gasteiger partial charge in [0.15, 0.2) is 0 Å². The number of ether oxygens (including phenoxy) is 1. The van der Waals surface area contributed by atoms with Crippen LogP contribution < -0.4 is 5.32 Å². The lowest BCUT2D eigenvalue weighted by atomic mass is 9.96. The Kier molecular flexibility index (Phi) is 8.33. The van der Waals surface area contributed by atoms with Gasteiger partial charge >= 0.3 is 0 Å². The highest BCUT2D eigenvalue weighted by Crippen LogP contribution is 2.27. The van der Waals surface area contributed by atoms with Gasteiger partial charge in [0, 0.05) is 48.5 Å². The van der Waals surface area contributed by atoms with Gasteiger partial charge in [-0.1, -0.05) is 29.3 Å². The summed E-state index contributed by atoms with van der Waals surface area (Å²) in [5.74, 6) is 0.175. The second-order valence-electron chi connectivity index (χ2n) is 6.12. The van der Waals surface area contributed by atoms with E-state index in [4.69, 9.17) is 27.9 Å². The lowest BCUT2D eigenvalue weighted by molar-refractivity contribution is -0.126. The topological polar surface area (TPSA) is 41.6 Å². The van der Waals surface area contributed by atoms with Crippen molar-refractivity contribution in [1.29, 1.82) is 0 Å². The molecule has 6 heteroatoms. The summed E-state index contributed by atoms with van der Waals surface area (Å²) in [6, 6.07) is 5.56. The zero-order valence-electron chi connectivity index (χ0n) is 14.2. The van der Waals surface area contributed by atoms with Crippen LogP contribution in [0.5, 0.6) is 0 Å². The third-order valence-corrected chi connectivity index (χ3v) is 5.00. The van der Waals surface area contributed by atoms with Gasteiger partial charge in [-0.05, 0) is 44.9 Å². The quantitative estimate of drug-likeness (QED) is 0.706. The van der Waals surface area contributed by atoms with Gasteiger partial charge < -0.3 is 10.1 Å². The third-order valence-electron chi connectivity index (χ3n) is 4.29. The molecule has 24 heavy (non-hydrogen) atoms. The smallest absolute Gasteiger partial charge is 0.224 e. The second kappa shape index (κ2) is 10.2. The Balaban J connectivity index is 1.82. The molecule has 0 aliphatic carbocycles. The average Bonchev–Trinajstić information content (AvgIpc) is 2.58. The number of benzene rings is 1. The van der Waals surface area contributed by atoms with Crippen molar-refractivity contribution in [1.82, 2.24) is 10.2 Å². The number of hydrogen-bond donors (Lipinski definition) is 1. The van der Waals surface area contributed by atoms with E-state index in [-0.39, 0.29) is 11.8 Å². The molecule has 2 rings (SSSR count). The number of piperidine rings is 1. The molecule has 0 aromatic heterocycles. The molecule has 1 fully saturated rings. The van der Waals surface area contributed by atoms with Crippen molar-refractivity contribution >= 4 is 29.1 Å². The predicted molar refractivity (Wildman–Crippen MR) is 98.6 cm³/mol. The Morgan fingerprint density at radius 2 is 2.12 bits per heavy atom. The van der Waals surface area contributed by atoms with E-state index in [9.17, 15) is 4.79 Å². The normalized spacial score (nSPS) is 18.5. The van der Waals surface area contributed by atoms with Crippen molar-refractivity contribution in [3.8, 4) is 0 Å². The molecule has 1 aromatic rings. The molecule has 4 nitrogen and oxygen atoms in total. The molecule has 1 N–H and O–H groups in total. The maximum atomic E-state index is 12.3. The summed E-state index contributed by atoms with van der Waals surface area (Å²) in [6.07, 6.45) is 2.80. The Morgan fingerprint density at radius 3 is 2.83 bits per heavy atom. The predicted octanol–water partition coefficient (Wildman–Crippen LogP) is 3.75. The fourth-order valence-corrected chi connectivity index (χ4v) is 3.51. The first-order chi connectivity index (χ1) is 11.6. The highest BCUT2D eigenvalue weighted by molar-refractivity contribution is 6.35. The first-order valence-corrected chi connectivity index (χ1v) is 9.38. The van der Waals surface area contributed by atoms with Gasteiger partial charge in [-0.25, -0.2) is 0 Å². The van der Waals surface area contributed by atoms with Gasteiger partial charge in [0.25, 0.3) is 0 Å². The van der Waals surface area contributed by atoms with Gasteiger partial charge in [-0.15, -0.1) is 0 Å². The molecule has 1 amide bonds. The van der Waals surface area contributed by atoms with E-state index in [2.05, 4.69) is 10.2 Å². The average molecular weight is 373 g/mol. The maximum absolute atomic E-state index is 12.3. The minimum absolute atomic E-state index is 0.0344. The van der Waals surface area contributed by atoms with E-state index >= 15 is 0 Å². The molecular weight excluding hydrogens is 347 g/mol. The minimum atomic E-state index is 0.0344. The van der Waals surface area contributed by atoms with Crippen molar-refractivity contribution in [2.24, 2.45) is 5.92 Å². The van der Waals surface area contributed by atoms with Gasteiger partial charge in [0.05, 0.1) is 5.92 Å². The fraction of sp³-hybridized carbons (Fsp3) is 0.611. The van der Waals surface area contributed by atoms with Crippen molar-refractivity contribution in [2.45, 2.75) is 32.7 Å². The van der Waals surface area contributed by atoms with E-state index < -0.39 is 0 Å². The number of carbonyl (C=O) groups is 1. The van der Waals surface area contributed by atoms with Crippen molar-refractivity contribution < 1.29 is 9.53 Å². The number of nitrogens with one attached hydrogen (secondary N) is 1. The summed E-state index contributed by atoms with van der Waals surface area (Å²) in [5.41, 5.74) is 0.943. The fourth-order valence-electron chi connectivity index (χ4n) is 2.99. The number of amides is 1. The number of likely N-dealkylation sites (tertiary alicyclic amines) is 1. The standard InChI is InChI=1S/C18H26Cl2N2O2/c1-2-24-11-5-9-21-18(23)14-6-4-10-22(12-14)13-15-16(19)7-3-8-17(15)20/h3,7-8,14H,2,4-6,9-13H2,1H3,(H,21,23). The monoisotopic (exact) mass is 372 g/mol. The number of rotatable bonds is 8. The van der Waals surface area contributed by atoms with Gasteiger partial charge in [0.2, 0.25) is 5.91 Å². The van der Waals surface area contributed by atoms with Crippen LogP contribution in [0.3, 0.4) is 0 Å². The summed E-state index contributed by atoms with van der Waals surface area (Å²) in [5, 5.41) is 4.39. The third kappa shape index (κ3) is 5.92. The summed E-state index contributed by atoms with van der Waals surface area (Å²) in [6.45, 7) is 6.46. The van der Waals surface area contributed by atoms with Crippen molar-refractivity contribution in [3.63, 3.8) is 0 Å². The molecule has 0 spiro atoms. The van der Waals surface area contributed by atoms with Crippen molar-refractivity contribution in [2.75, 3.05) is 32.8 Å². The Hall–Kier alpha value is -0.810. The molecule has 0 saturated carbocycles. The highest BCUT2D eigenvalue weighted by atomic mass is 35.5. The number of carbonyl (C=O) groups excluding carboxylic acids is 1. The molecule has 1 saturated heterocycles. The van der Waals surface area contributed by atoms with E-state index in [0.717, 1.165) is 44.5 Å². The number of nitrogens with zero attached hydrogens (tertiary/aromatic N) is 1. The first kappa shape index (κ1) is 19.5. The number of hydrogen-bond acceptors (Lipinski definition) is 3. The first-order valence-electron chi connectivity index (χ1n) is 8.62. The van der Waals surface area contributed by atoms with E-state index in [1.165, 1.54) is 0 Å². The zero-order valence-corrected chi connectivity index (χ0v) is 15.7. The largest absolute Gasteiger partial charge is 0.382 e. The van der Waals surface area contributed by atoms with Crippen LogP contribution in [0.15, 0.2) is 18.2 Å². The molecule has 0 bridgehead atoms. The van der Waals surface area contributed by atoms with Crippen LogP contribution in [0.4, 0.5) is 0 Å². The zero-order chi connectivity index (χ0) is 17.4. The maximum Gasteiger partial charge on any atom is 0.224 e.